The van der Waals surface area contributed by atoms with Crippen LogP contribution in [0.3, 0.4) is 0 Å². The number of nitrogens with one attached hydrogen (secondary N) is 2. The van der Waals surface area contributed by atoms with E-state index < -0.39 is 28.8 Å². The lowest BCUT2D eigenvalue weighted by atomic mass is 10.1. The van der Waals surface area contributed by atoms with Crippen LogP contribution in [-0.4, -0.2) is 25.7 Å². The number of aromatic nitrogens is 4. The van der Waals surface area contributed by atoms with Gasteiger partial charge in [-0.3, -0.25) is 14.6 Å². The molecule has 3 rings (SSSR count). The molecule has 0 saturated carbocycles. The van der Waals surface area contributed by atoms with Gasteiger partial charge < -0.3 is 5.32 Å². The summed E-state index contributed by atoms with van der Waals surface area (Å²) in [5.41, 5.74) is -0.943. The molecule has 1 aromatic carbocycles. The highest BCUT2D eigenvalue weighted by molar-refractivity contribution is 6.05. The molecule has 0 atom stereocenters. The third-order valence-electron chi connectivity index (χ3n) is 4.04. The predicted molar refractivity (Wildman–Crippen MR) is 100 cm³/mol. The van der Waals surface area contributed by atoms with Crippen LogP contribution in [0.1, 0.15) is 40.7 Å². The molecule has 10 heteroatoms. The van der Waals surface area contributed by atoms with Crippen molar-refractivity contribution >= 4 is 11.7 Å². The number of aromatic amines is 1. The van der Waals surface area contributed by atoms with Crippen molar-refractivity contribution in [3.8, 4) is 5.95 Å². The Morgan fingerprint density at radius 3 is 2.66 bits per heavy atom. The Hall–Kier alpha value is -3.43. The van der Waals surface area contributed by atoms with Crippen LogP contribution < -0.4 is 10.9 Å². The van der Waals surface area contributed by atoms with Crippen molar-refractivity contribution in [3.05, 3.63) is 69.3 Å². The maximum Gasteiger partial charge on any atom is 0.417 e. The minimum atomic E-state index is -4.68. The number of halogens is 3. The molecule has 152 valence electrons. The van der Waals surface area contributed by atoms with Crippen LogP contribution in [0.2, 0.25) is 0 Å². The number of benzene rings is 1. The third-order valence-corrected chi connectivity index (χ3v) is 4.04. The molecule has 0 fully saturated rings. The normalized spacial score (nSPS) is 11.5. The van der Waals surface area contributed by atoms with E-state index in [1.807, 2.05) is 6.92 Å². The molecule has 2 N–H and O–H groups in total. The van der Waals surface area contributed by atoms with E-state index in [2.05, 4.69) is 20.4 Å². The molecule has 3 aromatic rings. The van der Waals surface area contributed by atoms with Crippen LogP contribution in [0.25, 0.3) is 5.95 Å². The van der Waals surface area contributed by atoms with E-state index >= 15 is 0 Å². The van der Waals surface area contributed by atoms with Crippen molar-refractivity contribution in [1.82, 2.24) is 19.7 Å². The molecule has 2 aromatic heterocycles. The average Bonchev–Trinajstić information content (AvgIpc) is 3.01. The lowest BCUT2D eigenvalue weighted by Crippen LogP contribution is -2.21. The summed E-state index contributed by atoms with van der Waals surface area (Å²) in [6.07, 6.45) is -3.34. The van der Waals surface area contributed by atoms with E-state index in [0.717, 1.165) is 18.6 Å². The van der Waals surface area contributed by atoms with Gasteiger partial charge in [-0.1, -0.05) is 25.5 Å². The summed E-state index contributed by atoms with van der Waals surface area (Å²) < 4.78 is 40.8. The maximum absolute atomic E-state index is 13.2. The first-order chi connectivity index (χ1) is 13.7. The first kappa shape index (κ1) is 20.3. The van der Waals surface area contributed by atoms with Gasteiger partial charge in [-0.15, -0.1) is 0 Å². The summed E-state index contributed by atoms with van der Waals surface area (Å²) >= 11 is 0. The highest BCUT2D eigenvalue weighted by Gasteiger charge is 2.35. The quantitative estimate of drug-likeness (QED) is 0.680. The van der Waals surface area contributed by atoms with E-state index in [4.69, 9.17) is 0 Å². The topological polar surface area (TPSA) is 92.7 Å². The number of carbonyl (C=O) groups is 1. The molecule has 0 bridgehead atoms. The minimum absolute atomic E-state index is 0.0634. The molecule has 1 amide bonds. The number of alkyl halides is 3. The van der Waals surface area contributed by atoms with Crippen LogP contribution >= 0.6 is 0 Å². The number of H-pyrrole nitrogens is 1. The van der Waals surface area contributed by atoms with Gasteiger partial charge in [0.1, 0.15) is 5.82 Å². The third kappa shape index (κ3) is 4.53. The number of hydrogen-bond donors (Lipinski definition) is 2. The molecule has 0 radical (unpaired) electrons. The second kappa shape index (κ2) is 7.90. The fourth-order valence-electron chi connectivity index (χ4n) is 2.84. The van der Waals surface area contributed by atoms with Crippen molar-refractivity contribution in [2.24, 2.45) is 0 Å². The molecule has 0 aliphatic heterocycles. The van der Waals surface area contributed by atoms with Gasteiger partial charge in [-0.2, -0.15) is 23.0 Å². The van der Waals surface area contributed by atoms with Crippen LogP contribution in [0, 0.1) is 6.92 Å². The van der Waals surface area contributed by atoms with E-state index in [1.165, 1.54) is 28.9 Å². The Labute approximate surface area is 163 Å². The van der Waals surface area contributed by atoms with Crippen LogP contribution in [0.15, 0.2) is 41.2 Å². The Kier molecular flexibility index (Phi) is 5.53. The Morgan fingerprint density at radius 2 is 1.97 bits per heavy atom. The summed E-state index contributed by atoms with van der Waals surface area (Å²) in [5, 5.41) is 6.62. The Balaban J connectivity index is 2.00. The van der Waals surface area contributed by atoms with Crippen molar-refractivity contribution in [2.45, 2.75) is 32.9 Å². The van der Waals surface area contributed by atoms with Crippen LogP contribution in [-0.2, 0) is 12.6 Å². The Bertz CT molecular complexity index is 1100. The van der Waals surface area contributed by atoms with E-state index in [0.29, 0.717) is 17.8 Å². The number of anilines is 1. The largest absolute Gasteiger partial charge is 0.417 e. The van der Waals surface area contributed by atoms with Crippen LogP contribution in [0.4, 0.5) is 19.0 Å². The summed E-state index contributed by atoms with van der Waals surface area (Å²) in [5.74, 6) is -0.805. The molecule has 7 nitrogen and oxygen atoms in total. The van der Waals surface area contributed by atoms with Crippen molar-refractivity contribution < 1.29 is 18.0 Å². The monoisotopic (exact) mass is 405 g/mol. The molecule has 0 aliphatic rings. The Morgan fingerprint density at radius 1 is 1.24 bits per heavy atom. The predicted octanol–water partition coefficient (Wildman–Crippen LogP) is 3.49. The van der Waals surface area contributed by atoms with Gasteiger partial charge in [-0.25, -0.2) is 4.98 Å². The number of rotatable bonds is 5. The number of amides is 1. The van der Waals surface area contributed by atoms with Gasteiger partial charge in [0.2, 0.25) is 5.95 Å². The van der Waals surface area contributed by atoms with Gasteiger partial charge >= 0.3 is 6.18 Å². The molecule has 2 heterocycles. The van der Waals surface area contributed by atoms with E-state index in [9.17, 15) is 22.8 Å². The fourth-order valence-corrected chi connectivity index (χ4v) is 2.84. The lowest BCUT2D eigenvalue weighted by Gasteiger charge is -2.13. The molecule has 0 saturated heterocycles. The van der Waals surface area contributed by atoms with Crippen molar-refractivity contribution in [2.75, 3.05) is 5.32 Å². The van der Waals surface area contributed by atoms with Gasteiger partial charge in [0.15, 0.2) is 0 Å². The van der Waals surface area contributed by atoms with E-state index in [-0.39, 0.29) is 11.8 Å². The van der Waals surface area contributed by atoms with Gasteiger partial charge in [0, 0.05) is 17.8 Å². The molecule has 0 spiro atoms. The minimum Gasteiger partial charge on any atom is -0.306 e. The van der Waals surface area contributed by atoms with Gasteiger partial charge in [0.05, 0.1) is 16.8 Å². The first-order valence-corrected chi connectivity index (χ1v) is 8.84. The zero-order valence-electron chi connectivity index (χ0n) is 15.7. The van der Waals surface area contributed by atoms with E-state index in [1.54, 1.807) is 6.92 Å². The lowest BCUT2D eigenvalue weighted by molar-refractivity contribution is -0.137. The maximum atomic E-state index is 13.2. The molecule has 0 unspecified atom stereocenters. The highest BCUT2D eigenvalue weighted by atomic mass is 19.4. The zero-order valence-corrected chi connectivity index (χ0v) is 15.7. The standard InChI is InChI=1S/C19H18F3N5O2/c1-3-6-12-10-16(28)25-18(23-12)27-15(9-11(2)26-27)24-17(29)13-7-4-5-8-14(13)19(20,21)22/h4-5,7-10H,3,6H2,1-2H3,(H,24,29)(H,23,25,28). The highest BCUT2D eigenvalue weighted by Crippen LogP contribution is 2.32. The first-order valence-electron chi connectivity index (χ1n) is 8.84. The fraction of sp³-hybridized carbons (Fsp3) is 0.263. The number of aryl methyl sites for hydroxylation is 2. The average molecular weight is 405 g/mol. The van der Waals surface area contributed by atoms with Crippen molar-refractivity contribution in [1.29, 1.82) is 0 Å². The summed E-state index contributed by atoms with van der Waals surface area (Å²) in [6, 6.07) is 7.32. The summed E-state index contributed by atoms with van der Waals surface area (Å²) in [4.78, 5) is 31.3. The number of hydrogen-bond acceptors (Lipinski definition) is 4. The number of carbonyl (C=O) groups excluding carboxylic acids is 1. The summed E-state index contributed by atoms with van der Waals surface area (Å²) in [7, 11) is 0. The second-order valence-electron chi connectivity index (χ2n) is 6.39. The molecular formula is C19H18F3N5O2. The number of nitrogens with zero attached hydrogens (tertiary/aromatic N) is 3. The second-order valence-corrected chi connectivity index (χ2v) is 6.39. The van der Waals surface area contributed by atoms with Crippen LogP contribution in [0.5, 0.6) is 0 Å². The van der Waals surface area contributed by atoms with Gasteiger partial charge in [0.25, 0.3) is 11.5 Å². The molecule has 29 heavy (non-hydrogen) atoms. The van der Waals surface area contributed by atoms with Gasteiger partial charge in [-0.05, 0) is 25.5 Å². The van der Waals surface area contributed by atoms with Crippen molar-refractivity contribution in [3.63, 3.8) is 0 Å². The molecule has 0 aliphatic carbocycles. The zero-order chi connectivity index (χ0) is 21.2. The summed E-state index contributed by atoms with van der Waals surface area (Å²) in [6.45, 7) is 3.58. The molecular weight excluding hydrogens is 387 g/mol. The smallest absolute Gasteiger partial charge is 0.306 e. The SMILES string of the molecule is CCCc1cc(=O)[nH]c(-n2nc(C)cc2NC(=O)c2ccccc2C(F)(F)F)n1.